The predicted molar refractivity (Wildman–Crippen MR) is 75.7 cm³/mol. The number of amides is 1. The van der Waals surface area contributed by atoms with E-state index >= 15 is 0 Å². The number of hydrogen-bond acceptors (Lipinski definition) is 2. The molecule has 3 N–H and O–H groups in total. The Bertz CT molecular complexity index is 564. The van der Waals surface area contributed by atoms with E-state index in [-0.39, 0.29) is 5.91 Å². The minimum atomic E-state index is -0.267. The zero-order valence-electron chi connectivity index (χ0n) is 10.4. The van der Waals surface area contributed by atoms with E-state index in [9.17, 15) is 4.79 Å². The van der Waals surface area contributed by atoms with E-state index in [0.717, 1.165) is 5.56 Å². The minimum Gasteiger partial charge on any atom is -0.385 e. The molecule has 1 amide bonds. The molecule has 0 saturated carbocycles. The van der Waals surface area contributed by atoms with Gasteiger partial charge in [0.25, 0.3) is 5.91 Å². The molecule has 0 fully saturated rings. The molecule has 0 aliphatic carbocycles. The summed E-state index contributed by atoms with van der Waals surface area (Å²) >= 11 is 0. The van der Waals surface area contributed by atoms with Gasteiger partial charge in [0, 0.05) is 12.0 Å². The van der Waals surface area contributed by atoms with Gasteiger partial charge in [-0.25, -0.2) is 5.43 Å². The lowest BCUT2D eigenvalue weighted by molar-refractivity contribution is 0.0954. The van der Waals surface area contributed by atoms with Crippen LogP contribution in [0, 0.1) is 0 Å². The van der Waals surface area contributed by atoms with Gasteiger partial charge in [-0.15, -0.1) is 0 Å². The van der Waals surface area contributed by atoms with Crippen LogP contribution < -0.4 is 11.2 Å². The number of benzene rings is 2. The van der Waals surface area contributed by atoms with Gasteiger partial charge in [0.2, 0.25) is 0 Å². The smallest absolute Gasteiger partial charge is 0.271 e. The Morgan fingerprint density at radius 2 is 1.58 bits per heavy atom. The number of carbonyl (C=O) groups excluding carboxylic acids is 1. The molecule has 4 heteroatoms. The first kappa shape index (κ1) is 12.8. The number of nitrogens with two attached hydrogens (primary N) is 1. The molecule has 2 aromatic rings. The highest BCUT2D eigenvalue weighted by molar-refractivity contribution is 5.95. The third-order valence-corrected chi connectivity index (χ3v) is 2.57. The van der Waals surface area contributed by atoms with E-state index in [1.807, 2.05) is 36.4 Å². The zero-order chi connectivity index (χ0) is 13.5. The van der Waals surface area contributed by atoms with Crippen LogP contribution in [0.2, 0.25) is 0 Å². The Morgan fingerprint density at radius 3 is 2.21 bits per heavy atom. The summed E-state index contributed by atoms with van der Waals surface area (Å²) in [5.74, 6) is 0.104. The van der Waals surface area contributed by atoms with Crippen LogP contribution >= 0.6 is 0 Å². The summed E-state index contributed by atoms with van der Waals surface area (Å²) in [6.07, 6.45) is 0.510. The van der Waals surface area contributed by atoms with Crippen molar-refractivity contribution in [3.8, 4) is 0 Å². The minimum absolute atomic E-state index is 0.267. The van der Waals surface area contributed by atoms with E-state index in [4.69, 9.17) is 5.73 Å². The van der Waals surface area contributed by atoms with E-state index in [2.05, 4.69) is 10.5 Å². The summed E-state index contributed by atoms with van der Waals surface area (Å²) in [6.45, 7) is 0. The Hall–Kier alpha value is -2.62. The highest BCUT2D eigenvalue weighted by Gasteiger charge is 2.03. The van der Waals surface area contributed by atoms with Crippen LogP contribution in [0.5, 0.6) is 0 Å². The second kappa shape index (κ2) is 6.35. The highest BCUT2D eigenvalue weighted by Crippen LogP contribution is 2.00. The Kier molecular flexibility index (Phi) is 4.29. The predicted octanol–water partition coefficient (Wildman–Crippen LogP) is 1.93. The fourth-order valence-electron chi connectivity index (χ4n) is 1.62. The number of rotatable bonds is 4. The second-order valence-corrected chi connectivity index (χ2v) is 4.07. The quantitative estimate of drug-likeness (QED) is 0.496. The summed E-state index contributed by atoms with van der Waals surface area (Å²) in [5.41, 5.74) is 9.82. The highest BCUT2D eigenvalue weighted by atomic mass is 16.2. The molecule has 19 heavy (non-hydrogen) atoms. The molecule has 0 heterocycles. The Balaban J connectivity index is 1.93. The van der Waals surface area contributed by atoms with E-state index in [0.29, 0.717) is 17.8 Å². The lowest BCUT2D eigenvalue weighted by atomic mass is 10.1. The maximum atomic E-state index is 11.7. The van der Waals surface area contributed by atoms with Crippen LogP contribution in [0.25, 0.3) is 0 Å². The Morgan fingerprint density at radius 1 is 1.00 bits per heavy atom. The molecule has 0 aliphatic rings. The molecular formula is C15H15N3O. The van der Waals surface area contributed by atoms with E-state index < -0.39 is 0 Å². The van der Waals surface area contributed by atoms with Crippen molar-refractivity contribution in [3.05, 3.63) is 71.8 Å². The summed E-state index contributed by atoms with van der Waals surface area (Å²) in [5, 5.41) is 3.89. The molecular weight excluding hydrogens is 238 g/mol. The van der Waals surface area contributed by atoms with Crippen LogP contribution in [0.4, 0.5) is 0 Å². The number of amidine groups is 1. The maximum absolute atomic E-state index is 11.7. The maximum Gasteiger partial charge on any atom is 0.271 e. The van der Waals surface area contributed by atoms with Crippen LogP contribution in [-0.2, 0) is 6.42 Å². The summed E-state index contributed by atoms with van der Waals surface area (Å²) in [7, 11) is 0. The number of carbonyl (C=O) groups is 1. The van der Waals surface area contributed by atoms with Gasteiger partial charge in [0.1, 0.15) is 5.84 Å². The lowest BCUT2D eigenvalue weighted by Gasteiger charge is -2.03. The first-order chi connectivity index (χ1) is 9.25. The van der Waals surface area contributed by atoms with Crippen molar-refractivity contribution in [2.45, 2.75) is 6.42 Å². The van der Waals surface area contributed by atoms with Gasteiger partial charge in [-0.1, -0.05) is 48.5 Å². The van der Waals surface area contributed by atoms with E-state index in [1.165, 1.54) is 0 Å². The number of hydrazone groups is 1. The fourth-order valence-corrected chi connectivity index (χ4v) is 1.62. The van der Waals surface area contributed by atoms with Crippen molar-refractivity contribution in [1.29, 1.82) is 0 Å². The standard InChI is InChI=1S/C15H15N3O/c16-14(11-12-7-3-1-4-8-12)17-18-15(19)13-9-5-2-6-10-13/h1-10H,11H2,(H2,16,17)(H,18,19). The van der Waals surface area contributed by atoms with E-state index in [1.54, 1.807) is 24.3 Å². The molecule has 0 radical (unpaired) electrons. The largest absolute Gasteiger partial charge is 0.385 e. The average Bonchev–Trinajstić information content (AvgIpc) is 2.47. The first-order valence-corrected chi connectivity index (χ1v) is 5.97. The summed E-state index contributed by atoms with van der Waals surface area (Å²) in [6, 6.07) is 18.6. The van der Waals surface area contributed by atoms with Crippen molar-refractivity contribution in [1.82, 2.24) is 5.43 Å². The van der Waals surface area contributed by atoms with Crippen molar-refractivity contribution >= 4 is 11.7 Å². The van der Waals surface area contributed by atoms with Gasteiger partial charge in [0.05, 0.1) is 0 Å². The number of nitrogens with zero attached hydrogens (tertiary/aromatic N) is 1. The van der Waals surface area contributed by atoms with Gasteiger partial charge < -0.3 is 5.73 Å². The lowest BCUT2D eigenvalue weighted by Crippen LogP contribution is -2.24. The van der Waals surface area contributed by atoms with Crippen molar-refractivity contribution in [2.24, 2.45) is 10.8 Å². The normalized spacial score (nSPS) is 11.1. The van der Waals surface area contributed by atoms with Gasteiger partial charge in [-0.2, -0.15) is 5.10 Å². The molecule has 0 spiro atoms. The number of nitrogens with one attached hydrogen (secondary N) is 1. The van der Waals surface area contributed by atoms with Gasteiger partial charge in [-0.3, -0.25) is 4.79 Å². The molecule has 2 rings (SSSR count). The molecule has 0 unspecified atom stereocenters. The molecule has 0 atom stereocenters. The van der Waals surface area contributed by atoms with Crippen molar-refractivity contribution in [3.63, 3.8) is 0 Å². The molecule has 0 aliphatic heterocycles. The molecule has 0 saturated heterocycles. The van der Waals surface area contributed by atoms with Gasteiger partial charge >= 0.3 is 0 Å². The van der Waals surface area contributed by atoms with Crippen LogP contribution in [0.15, 0.2) is 65.8 Å². The fraction of sp³-hybridized carbons (Fsp3) is 0.0667. The topological polar surface area (TPSA) is 67.5 Å². The molecule has 0 aromatic heterocycles. The van der Waals surface area contributed by atoms with Crippen molar-refractivity contribution < 1.29 is 4.79 Å². The average molecular weight is 253 g/mol. The molecule has 0 bridgehead atoms. The first-order valence-electron chi connectivity index (χ1n) is 5.97. The van der Waals surface area contributed by atoms with Crippen LogP contribution in [0.1, 0.15) is 15.9 Å². The molecule has 96 valence electrons. The van der Waals surface area contributed by atoms with Crippen molar-refractivity contribution in [2.75, 3.05) is 0 Å². The third-order valence-electron chi connectivity index (χ3n) is 2.57. The second-order valence-electron chi connectivity index (χ2n) is 4.07. The third kappa shape index (κ3) is 3.96. The Labute approximate surface area is 112 Å². The molecule has 4 nitrogen and oxygen atoms in total. The van der Waals surface area contributed by atoms with Crippen LogP contribution in [-0.4, -0.2) is 11.7 Å². The van der Waals surface area contributed by atoms with Gasteiger partial charge in [-0.05, 0) is 17.7 Å². The van der Waals surface area contributed by atoms with Crippen LogP contribution in [0.3, 0.4) is 0 Å². The zero-order valence-corrected chi connectivity index (χ0v) is 10.4. The summed E-state index contributed by atoms with van der Waals surface area (Å²) in [4.78, 5) is 11.7. The molecule has 2 aromatic carbocycles. The van der Waals surface area contributed by atoms with Gasteiger partial charge in [0.15, 0.2) is 0 Å². The SMILES string of the molecule is N/C(Cc1ccccc1)=N\NC(=O)c1ccccc1. The number of hydrogen-bond donors (Lipinski definition) is 2. The monoisotopic (exact) mass is 253 g/mol. The summed E-state index contributed by atoms with van der Waals surface area (Å²) < 4.78 is 0.